The second-order valence-electron chi connectivity index (χ2n) is 6.15. The highest BCUT2D eigenvalue weighted by molar-refractivity contribution is 6.36. The molecule has 0 aliphatic rings. The van der Waals surface area contributed by atoms with Crippen molar-refractivity contribution in [3.8, 4) is 5.75 Å². The molecule has 142 valence electrons. The molecule has 0 saturated carbocycles. The number of rotatable bonds is 6. The first kappa shape index (κ1) is 20.7. The molecule has 0 heterocycles. The molecule has 2 amide bonds. The Kier molecular flexibility index (Phi) is 7.21. The summed E-state index contributed by atoms with van der Waals surface area (Å²) in [7, 11) is 0. The van der Waals surface area contributed by atoms with Crippen LogP contribution in [0.4, 0.5) is 0 Å². The number of phenols is 1. The third-order valence-corrected chi connectivity index (χ3v) is 4.22. The summed E-state index contributed by atoms with van der Waals surface area (Å²) in [4.78, 5) is 24.8. The number of halogens is 2. The second kappa shape index (κ2) is 9.39. The van der Waals surface area contributed by atoms with Crippen molar-refractivity contribution in [2.75, 3.05) is 0 Å². The minimum Gasteiger partial charge on any atom is -0.508 e. The van der Waals surface area contributed by atoms with Crippen LogP contribution in [0.3, 0.4) is 0 Å². The van der Waals surface area contributed by atoms with E-state index in [1.807, 2.05) is 0 Å². The van der Waals surface area contributed by atoms with Crippen LogP contribution in [-0.2, 0) is 4.79 Å². The number of carbonyl (C=O) groups excluding carboxylic acids is 2. The lowest BCUT2D eigenvalue weighted by atomic mass is 10.0. The smallest absolute Gasteiger partial charge is 0.262 e. The van der Waals surface area contributed by atoms with Gasteiger partial charge in [0.15, 0.2) is 0 Å². The van der Waals surface area contributed by atoms with Crippen LogP contribution in [0.5, 0.6) is 5.75 Å². The Hall–Kier alpha value is -2.57. The predicted octanol–water partition coefficient (Wildman–Crippen LogP) is 3.60. The monoisotopic (exact) mass is 407 g/mol. The first-order chi connectivity index (χ1) is 12.8. The standard InChI is InChI=1S/C19H19Cl2N3O3/c1-11(2)17(23-18(26)15-7-6-13(20)9-16(15)21)19(27)24-22-10-12-4-3-5-14(25)8-12/h3-11,17,25H,1-2H3,(H,23,26)(H,24,27). The average Bonchev–Trinajstić information content (AvgIpc) is 2.59. The van der Waals surface area contributed by atoms with Crippen LogP contribution in [-0.4, -0.2) is 29.2 Å². The van der Waals surface area contributed by atoms with Crippen molar-refractivity contribution in [2.45, 2.75) is 19.9 Å². The molecule has 0 aliphatic carbocycles. The van der Waals surface area contributed by atoms with Gasteiger partial charge in [0, 0.05) is 5.02 Å². The molecular formula is C19H19Cl2N3O3. The van der Waals surface area contributed by atoms with Crippen LogP contribution in [0.1, 0.15) is 29.8 Å². The fraction of sp³-hybridized carbons (Fsp3) is 0.211. The van der Waals surface area contributed by atoms with Crippen LogP contribution >= 0.6 is 23.2 Å². The van der Waals surface area contributed by atoms with Gasteiger partial charge in [0.1, 0.15) is 11.8 Å². The fourth-order valence-corrected chi connectivity index (χ4v) is 2.77. The number of carbonyl (C=O) groups is 2. The highest BCUT2D eigenvalue weighted by atomic mass is 35.5. The molecule has 0 fully saturated rings. The van der Waals surface area contributed by atoms with E-state index in [-0.39, 0.29) is 22.3 Å². The van der Waals surface area contributed by atoms with Crippen molar-refractivity contribution in [1.29, 1.82) is 0 Å². The number of nitrogens with one attached hydrogen (secondary N) is 2. The van der Waals surface area contributed by atoms with Crippen molar-refractivity contribution in [3.05, 3.63) is 63.6 Å². The number of hydrogen-bond donors (Lipinski definition) is 3. The Bertz CT molecular complexity index is 869. The maximum Gasteiger partial charge on any atom is 0.262 e. The number of nitrogens with zero attached hydrogens (tertiary/aromatic N) is 1. The van der Waals surface area contributed by atoms with Gasteiger partial charge in [-0.15, -0.1) is 0 Å². The summed E-state index contributed by atoms with van der Waals surface area (Å²) in [5, 5.41) is 16.5. The lowest BCUT2D eigenvalue weighted by molar-refractivity contribution is -0.123. The van der Waals surface area contributed by atoms with E-state index in [0.29, 0.717) is 10.6 Å². The summed E-state index contributed by atoms with van der Waals surface area (Å²) >= 11 is 11.9. The van der Waals surface area contributed by atoms with Gasteiger partial charge in [-0.3, -0.25) is 9.59 Å². The normalized spacial score (nSPS) is 12.2. The first-order valence-electron chi connectivity index (χ1n) is 8.16. The zero-order valence-corrected chi connectivity index (χ0v) is 16.3. The molecule has 0 saturated heterocycles. The summed E-state index contributed by atoms with van der Waals surface area (Å²) in [6.07, 6.45) is 1.40. The van der Waals surface area contributed by atoms with E-state index in [1.54, 1.807) is 32.0 Å². The Balaban J connectivity index is 2.05. The molecule has 0 aromatic heterocycles. The summed E-state index contributed by atoms with van der Waals surface area (Å²) in [6.45, 7) is 3.60. The van der Waals surface area contributed by atoms with Gasteiger partial charge in [-0.2, -0.15) is 5.10 Å². The van der Waals surface area contributed by atoms with Crippen LogP contribution in [0.15, 0.2) is 47.6 Å². The van der Waals surface area contributed by atoms with Crippen LogP contribution < -0.4 is 10.7 Å². The maximum atomic E-state index is 12.4. The minimum atomic E-state index is -0.814. The van der Waals surface area contributed by atoms with Crippen molar-refractivity contribution in [1.82, 2.24) is 10.7 Å². The van der Waals surface area contributed by atoms with Gasteiger partial charge in [0.25, 0.3) is 11.8 Å². The number of benzene rings is 2. The van der Waals surface area contributed by atoms with Crippen LogP contribution in [0, 0.1) is 5.92 Å². The minimum absolute atomic E-state index is 0.0949. The molecule has 0 bridgehead atoms. The quantitative estimate of drug-likeness (QED) is 0.504. The maximum absolute atomic E-state index is 12.4. The lowest BCUT2D eigenvalue weighted by Crippen LogP contribution is -2.48. The molecule has 8 heteroatoms. The molecule has 1 unspecified atom stereocenters. The highest BCUT2D eigenvalue weighted by Gasteiger charge is 2.25. The second-order valence-corrected chi connectivity index (χ2v) is 6.99. The lowest BCUT2D eigenvalue weighted by Gasteiger charge is -2.20. The van der Waals surface area contributed by atoms with Gasteiger partial charge < -0.3 is 10.4 Å². The van der Waals surface area contributed by atoms with E-state index in [1.165, 1.54) is 30.5 Å². The topological polar surface area (TPSA) is 90.8 Å². The Labute approximate surface area is 167 Å². The predicted molar refractivity (Wildman–Crippen MR) is 106 cm³/mol. The Morgan fingerprint density at radius 3 is 2.52 bits per heavy atom. The van der Waals surface area contributed by atoms with E-state index in [2.05, 4.69) is 15.8 Å². The van der Waals surface area contributed by atoms with Gasteiger partial charge in [-0.05, 0) is 41.8 Å². The average molecular weight is 408 g/mol. The third kappa shape index (κ3) is 5.98. The Morgan fingerprint density at radius 1 is 1.15 bits per heavy atom. The number of aromatic hydroxyl groups is 1. The third-order valence-electron chi connectivity index (χ3n) is 3.67. The number of hydrogen-bond acceptors (Lipinski definition) is 4. The Morgan fingerprint density at radius 2 is 1.89 bits per heavy atom. The number of amides is 2. The molecule has 2 rings (SSSR count). The van der Waals surface area contributed by atoms with E-state index in [4.69, 9.17) is 23.2 Å². The zero-order chi connectivity index (χ0) is 20.0. The van der Waals surface area contributed by atoms with Crippen LogP contribution in [0.25, 0.3) is 0 Å². The highest BCUT2D eigenvalue weighted by Crippen LogP contribution is 2.21. The van der Waals surface area contributed by atoms with E-state index in [0.717, 1.165) is 0 Å². The van der Waals surface area contributed by atoms with Gasteiger partial charge in [0.05, 0.1) is 16.8 Å². The molecule has 6 nitrogen and oxygen atoms in total. The molecule has 27 heavy (non-hydrogen) atoms. The molecule has 2 aromatic carbocycles. The SMILES string of the molecule is CC(C)C(NC(=O)c1ccc(Cl)cc1Cl)C(=O)NN=Cc1cccc(O)c1. The van der Waals surface area contributed by atoms with Gasteiger partial charge in [-0.1, -0.05) is 49.2 Å². The van der Waals surface area contributed by atoms with Crippen molar-refractivity contribution in [2.24, 2.45) is 11.0 Å². The number of phenolic OH excluding ortho intramolecular Hbond substituents is 1. The largest absolute Gasteiger partial charge is 0.508 e. The van der Waals surface area contributed by atoms with Crippen LogP contribution in [0.2, 0.25) is 10.0 Å². The fourth-order valence-electron chi connectivity index (χ4n) is 2.27. The molecule has 2 aromatic rings. The summed E-state index contributed by atoms with van der Waals surface area (Å²) < 4.78 is 0. The molecule has 0 spiro atoms. The van der Waals surface area contributed by atoms with E-state index in [9.17, 15) is 14.7 Å². The van der Waals surface area contributed by atoms with Crippen molar-refractivity contribution in [3.63, 3.8) is 0 Å². The number of hydrazone groups is 1. The summed E-state index contributed by atoms with van der Waals surface area (Å²) in [5.41, 5.74) is 3.24. The molecule has 0 aliphatic heterocycles. The molecule has 1 atom stereocenters. The van der Waals surface area contributed by atoms with E-state index < -0.39 is 17.9 Å². The van der Waals surface area contributed by atoms with Crippen molar-refractivity contribution < 1.29 is 14.7 Å². The molecular weight excluding hydrogens is 389 g/mol. The van der Waals surface area contributed by atoms with Gasteiger partial charge in [-0.25, -0.2) is 5.43 Å². The zero-order valence-electron chi connectivity index (χ0n) is 14.7. The van der Waals surface area contributed by atoms with Gasteiger partial charge >= 0.3 is 0 Å². The first-order valence-corrected chi connectivity index (χ1v) is 8.91. The van der Waals surface area contributed by atoms with E-state index >= 15 is 0 Å². The summed E-state index contributed by atoms with van der Waals surface area (Å²) in [6, 6.07) is 10.1. The summed E-state index contributed by atoms with van der Waals surface area (Å²) in [5.74, 6) is -1.05. The molecule has 0 radical (unpaired) electrons. The molecule has 3 N–H and O–H groups in total. The van der Waals surface area contributed by atoms with Gasteiger partial charge in [0.2, 0.25) is 0 Å². The van der Waals surface area contributed by atoms with Crippen molar-refractivity contribution >= 4 is 41.2 Å².